The highest BCUT2D eigenvalue weighted by molar-refractivity contribution is 7.22. The number of hydrogen-bond donors (Lipinski definition) is 6. The van der Waals surface area contributed by atoms with Gasteiger partial charge in [0.05, 0.1) is 42.9 Å². The monoisotopic (exact) mass is 1230 g/mol. The van der Waals surface area contributed by atoms with E-state index in [1.54, 1.807) is 71.2 Å². The Bertz CT molecular complexity index is 3510. The van der Waals surface area contributed by atoms with Gasteiger partial charge < -0.3 is 55.5 Å². The molecular formula is C60H68ClN15O6S3. The molecule has 3 aliphatic carbocycles. The molecule has 3 aliphatic heterocycles. The van der Waals surface area contributed by atoms with Crippen molar-refractivity contribution in [1.82, 2.24) is 50.2 Å². The van der Waals surface area contributed by atoms with Crippen molar-refractivity contribution in [2.75, 3.05) is 65.0 Å². The Morgan fingerprint density at radius 3 is 1.25 bits per heavy atom. The lowest BCUT2D eigenvalue weighted by atomic mass is 9.89. The molecule has 3 saturated carbocycles. The zero-order valence-corrected chi connectivity index (χ0v) is 50.0. The summed E-state index contributed by atoms with van der Waals surface area (Å²) in [5.41, 5.74) is 3.11. The van der Waals surface area contributed by atoms with Gasteiger partial charge in [-0.3, -0.25) is 4.79 Å². The molecule has 0 bridgehead atoms. The van der Waals surface area contributed by atoms with Crippen LogP contribution in [0.1, 0.15) is 77.0 Å². The Labute approximate surface area is 509 Å². The van der Waals surface area contributed by atoms with Crippen LogP contribution in [0.3, 0.4) is 0 Å². The van der Waals surface area contributed by atoms with Gasteiger partial charge in [-0.25, -0.2) is 44.9 Å². The van der Waals surface area contributed by atoms with Crippen LogP contribution in [0.2, 0.25) is 5.15 Å². The normalized spacial score (nSPS) is 22.2. The summed E-state index contributed by atoms with van der Waals surface area (Å²) in [6.07, 6.45) is 20.0. The van der Waals surface area contributed by atoms with Gasteiger partial charge in [0.15, 0.2) is 32.2 Å². The molecule has 15 rings (SSSR count). The maximum absolute atomic E-state index is 11.5. The molecule has 25 heteroatoms. The van der Waals surface area contributed by atoms with Gasteiger partial charge in [-0.1, -0.05) is 82.0 Å². The first kappa shape index (κ1) is 58.2. The van der Waals surface area contributed by atoms with E-state index in [2.05, 4.69) is 94.1 Å². The van der Waals surface area contributed by atoms with Crippen LogP contribution in [0.25, 0.3) is 30.6 Å². The number of para-hydroxylation sites is 3. The van der Waals surface area contributed by atoms with Gasteiger partial charge in [0.1, 0.15) is 24.1 Å². The number of ether oxygens (including phenoxy) is 3. The van der Waals surface area contributed by atoms with E-state index in [-0.39, 0.29) is 30.5 Å². The Hall–Kier alpha value is -7.19. The first-order valence-corrected chi connectivity index (χ1v) is 32.0. The van der Waals surface area contributed by atoms with Crippen LogP contribution in [0.15, 0.2) is 110 Å². The molecule has 6 aliphatic rings. The van der Waals surface area contributed by atoms with E-state index >= 15 is 0 Å². The Morgan fingerprint density at radius 1 is 0.482 bits per heavy atom. The van der Waals surface area contributed by atoms with Gasteiger partial charge >= 0.3 is 0 Å². The smallest absolute Gasteiger partial charge is 0.257 e. The molecule has 0 unspecified atom stereocenters. The van der Waals surface area contributed by atoms with E-state index in [9.17, 15) is 9.90 Å². The van der Waals surface area contributed by atoms with Crippen LogP contribution in [-0.2, 0) is 4.79 Å². The number of hydrogen-bond acceptors (Lipinski definition) is 24. The number of piperidine rings is 3. The molecule has 0 spiro atoms. The first-order chi connectivity index (χ1) is 41.7. The number of ketones is 1. The van der Waals surface area contributed by atoms with Crippen molar-refractivity contribution in [2.45, 2.75) is 126 Å². The Kier molecular flexibility index (Phi) is 19.1. The van der Waals surface area contributed by atoms with Crippen LogP contribution in [0.5, 0.6) is 17.6 Å². The number of fused-ring (bicyclic) bond motifs is 3. The van der Waals surface area contributed by atoms with E-state index in [1.807, 2.05) is 54.6 Å². The number of aliphatic hydroxyl groups excluding tert-OH is 2. The quantitative estimate of drug-likeness (QED) is 0.0592. The third-order valence-electron chi connectivity index (χ3n) is 15.6. The number of rotatable bonds is 14. The average Bonchev–Trinajstić information content (AvgIpc) is 4.40. The van der Waals surface area contributed by atoms with E-state index < -0.39 is 0 Å². The summed E-state index contributed by atoms with van der Waals surface area (Å²) < 4.78 is 21.6. The fourth-order valence-corrected chi connectivity index (χ4v) is 13.6. The second-order valence-electron chi connectivity index (χ2n) is 21.9. The van der Waals surface area contributed by atoms with Crippen molar-refractivity contribution < 1.29 is 29.2 Å². The van der Waals surface area contributed by atoms with Crippen LogP contribution < -0.4 is 45.3 Å². The second kappa shape index (κ2) is 27.9. The molecule has 3 aromatic carbocycles. The largest absolute Gasteiger partial charge is 0.472 e. The fraction of sp³-hybridized carbons (Fsp3) is 0.433. The van der Waals surface area contributed by atoms with Crippen molar-refractivity contribution in [3.05, 3.63) is 115 Å². The van der Waals surface area contributed by atoms with E-state index in [0.29, 0.717) is 72.6 Å². The number of benzene rings is 3. The summed E-state index contributed by atoms with van der Waals surface area (Å²) in [6, 6.07) is 25.6. The Morgan fingerprint density at radius 2 is 0.847 bits per heavy atom. The lowest BCUT2D eigenvalue weighted by Crippen LogP contribution is -2.43. The zero-order valence-electron chi connectivity index (χ0n) is 46.8. The molecule has 3 saturated heterocycles. The maximum atomic E-state index is 11.5. The highest BCUT2D eigenvalue weighted by Crippen LogP contribution is 2.37. The third-order valence-corrected chi connectivity index (χ3v) is 18.8. The number of Topliss-reactive ketones (excluding diaryl/α,β-unsaturated/α-hetero) is 1. The maximum Gasteiger partial charge on any atom is 0.257 e. The van der Waals surface area contributed by atoms with Crippen molar-refractivity contribution in [1.29, 1.82) is 0 Å². The van der Waals surface area contributed by atoms with Crippen LogP contribution in [-0.4, -0.2) is 149 Å². The van der Waals surface area contributed by atoms with Gasteiger partial charge in [-0.15, -0.1) is 0 Å². The number of anilines is 5. The van der Waals surface area contributed by atoms with E-state index in [4.69, 9.17) is 30.9 Å². The number of thiazole rings is 3. The van der Waals surface area contributed by atoms with Crippen molar-refractivity contribution in [3.63, 3.8) is 0 Å². The predicted molar refractivity (Wildman–Crippen MR) is 335 cm³/mol. The van der Waals surface area contributed by atoms with Crippen LogP contribution in [0, 0.1) is 0 Å². The number of aromatic nitrogens is 9. The molecule has 9 heterocycles. The molecule has 21 nitrogen and oxygen atoms in total. The standard InChI is InChI=1S/C20H23N5O2S.C20H21N5O2S.C15H13ClN4OS.C5H11NO/c2*26-14-5-9-25(10-6-14)18-19(22-8-7-21-18)27-15-11-13(12-15)23-20-24-16-3-1-2-4-17(16)28-20;16-13-14(18-6-5-17-13)21-10-7-9(8-10)19-15-20-11-3-1-2-4-12(11)22-15;7-5-1-3-6-4-2-5/h1-4,7-8,13-15,26H,5-6,9-12H2,(H,23,24);1-4,7-8,13,15H,5-6,9-12H2,(H,23,24);1-6,9-10H,7-8H2,(H,19,20);5-7H,1-4H2. The van der Waals surface area contributed by atoms with Gasteiger partial charge in [0, 0.05) is 133 Å². The molecule has 0 amide bonds. The molecule has 444 valence electrons. The van der Waals surface area contributed by atoms with Crippen molar-refractivity contribution in [3.8, 4) is 17.6 Å². The first-order valence-electron chi connectivity index (χ1n) is 29.2. The second-order valence-corrected chi connectivity index (χ2v) is 25.3. The Balaban J connectivity index is 0.000000119. The topological polar surface area (TPSA) is 256 Å². The van der Waals surface area contributed by atoms with E-state index in [0.717, 1.165) is 134 Å². The average molecular weight is 1230 g/mol. The number of carbonyl (C=O) groups is 1. The highest BCUT2D eigenvalue weighted by atomic mass is 35.5. The number of carbonyl (C=O) groups excluding carboxylic acids is 1. The summed E-state index contributed by atoms with van der Waals surface area (Å²) in [5.74, 6) is 3.43. The lowest BCUT2D eigenvalue weighted by molar-refractivity contribution is -0.119. The highest BCUT2D eigenvalue weighted by Gasteiger charge is 2.36. The van der Waals surface area contributed by atoms with Crippen molar-refractivity contribution >= 4 is 109 Å². The minimum atomic E-state index is -0.210. The number of nitrogens with zero attached hydrogens (tertiary/aromatic N) is 11. The summed E-state index contributed by atoms with van der Waals surface area (Å²) in [5, 5.41) is 35.4. The number of aliphatic hydroxyl groups is 2. The molecule has 9 aromatic rings. The van der Waals surface area contributed by atoms with Crippen LogP contribution in [0.4, 0.5) is 27.0 Å². The van der Waals surface area contributed by atoms with Gasteiger partial charge in [0.2, 0.25) is 0 Å². The van der Waals surface area contributed by atoms with Gasteiger partial charge in [-0.2, -0.15) is 0 Å². The predicted octanol–water partition coefficient (Wildman–Crippen LogP) is 9.84. The number of nitrogens with one attached hydrogen (secondary N) is 4. The molecule has 0 radical (unpaired) electrons. The molecule has 6 aromatic heterocycles. The SMILES string of the molecule is Clc1nccnc1OC1CC(Nc2nc3ccccc3s2)C1.O=C1CCN(c2nccnc2OC2CC(Nc3nc4ccccc4s3)C2)CC1.OC1CCN(c2nccnc2OC2CC(Nc3nc4ccccc4s3)C2)CC1.OC1CCNCC1. The molecule has 0 atom stereocenters. The van der Waals surface area contributed by atoms with Crippen molar-refractivity contribution in [2.24, 2.45) is 0 Å². The minimum Gasteiger partial charge on any atom is -0.472 e. The zero-order chi connectivity index (χ0) is 57.9. The van der Waals surface area contributed by atoms with Crippen LogP contribution >= 0.6 is 45.6 Å². The molecular weight excluding hydrogens is 1160 g/mol. The molecule has 85 heavy (non-hydrogen) atoms. The molecule has 6 N–H and O–H groups in total. The summed E-state index contributed by atoms with van der Waals surface area (Å²) in [7, 11) is 0. The van der Waals surface area contributed by atoms with Gasteiger partial charge in [-0.05, 0) is 75.2 Å². The summed E-state index contributed by atoms with van der Waals surface area (Å²) in [6.45, 7) is 4.90. The lowest BCUT2D eigenvalue weighted by Gasteiger charge is -2.36. The fourth-order valence-electron chi connectivity index (χ4n) is 10.6. The third kappa shape index (κ3) is 15.4. The summed E-state index contributed by atoms with van der Waals surface area (Å²) in [4.78, 5) is 55.4. The van der Waals surface area contributed by atoms with E-state index in [1.165, 1.54) is 14.1 Å². The molecule has 6 fully saturated rings. The summed E-state index contributed by atoms with van der Waals surface area (Å²) >= 11 is 11.0. The van der Waals surface area contributed by atoms with Gasteiger partial charge in [0.25, 0.3) is 17.6 Å². The minimum absolute atomic E-state index is 0.0266. The number of halogens is 1.